The van der Waals surface area contributed by atoms with Crippen molar-refractivity contribution in [2.45, 2.75) is 33.0 Å². The Morgan fingerprint density at radius 1 is 1.48 bits per heavy atom. The van der Waals surface area contributed by atoms with Crippen LogP contribution in [0.15, 0.2) is 24.5 Å². The van der Waals surface area contributed by atoms with Gasteiger partial charge < -0.3 is 9.67 Å². The molecule has 3 rings (SSSR count). The standard InChI is InChI=1S/C15H18N4O2/c1-11-16-7-12-8-18(6-4-14(12)17-11)9-13-3-2-5-19(13)10-15(20)21/h2-3,5,7H,4,6,8-10H2,1H3,(H,20,21). The SMILES string of the molecule is Cc1ncc2c(n1)CCN(Cc1cccn1CC(=O)O)C2. The number of aryl methyl sites for hydroxylation is 1. The van der Waals surface area contributed by atoms with E-state index in [1.54, 1.807) is 4.57 Å². The van der Waals surface area contributed by atoms with Crippen LogP contribution in [0.1, 0.15) is 22.8 Å². The van der Waals surface area contributed by atoms with Crippen LogP contribution < -0.4 is 0 Å². The van der Waals surface area contributed by atoms with Crippen LogP contribution in [0.5, 0.6) is 0 Å². The Bertz CT molecular complexity index is 665. The fourth-order valence-corrected chi connectivity index (χ4v) is 2.73. The normalized spacial score (nSPS) is 14.9. The van der Waals surface area contributed by atoms with E-state index in [-0.39, 0.29) is 6.54 Å². The lowest BCUT2D eigenvalue weighted by atomic mass is 10.1. The molecule has 0 saturated carbocycles. The molecular formula is C15H18N4O2. The zero-order valence-electron chi connectivity index (χ0n) is 12.0. The monoisotopic (exact) mass is 286 g/mol. The first-order chi connectivity index (χ1) is 10.1. The first-order valence-electron chi connectivity index (χ1n) is 7.01. The smallest absolute Gasteiger partial charge is 0.323 e. The van der Waals surface area contributed by atoms with Crippen molar-refractivity contribution in [3.05, 3.63) is 47.3 Å². The van der Waals surface area contributed by atoms with Crippen LogP contribution in [0.3, 0.4) is 0 Å². The molecule has 0 bridgehead atoms. The second-order valence-electron chi connectivity index (χ2n) is 5.37. The summed E-state index contributed by atoms with van der Waals surface area (Å²) in [6.07, 6.45) is 4.63. The average Bonchev–Trinajstić information content (AvgIpc) is 2.85. The van der Waals surface area contributed by atoms with Gasteiger partial charge in [-0.05, 0) is 19.1 Å². The Morgan fingerprint density at radius 3 is 3.14 bits per heavy atom. The zero-order chi connectivity index (χ0) is 14.8. The number of fused-ring (bicyclic) bond motifs is 1. The predicted molar refractivity (Wildman–Crippen MR) is 76.7 cm³/mol. The van der Waals surface area contributed by atoms with Crippen LogP contribution in [-0.4, -0.2) is 37.1 Å². The molecule has 0 aromatic carbocycles. The van der Waals surface area contributed by atoms with Gasteiger partial charge in [0.25, 0.3) is 0 Å². The van der Waals surface area contributed by atoms with Crippen LogP contribution in [0, 0.1) is 6.92 Å². The van der Waals surface area contributed by atoms with Gasteiger partial charge in [0, 0.05) is 55.4 Å². The summed E-state index contributed by atoms with van der Waals surface area (Å²) in [6, 6.07) is 3.87. The van der Waals surface area contributed by atoms with Crippen molar-refractivity contribution in [2.75, 3.05) is 6.54 Å². The highest BCUT2D eigenvalue weighted by molar-refractivity contribution is 5.66. The highest BCUT2D eigenvalue weighted by atomic mass is 16.4. The lowest BCUT2D eigenvalue weighted by molar-refractivity contribution is -0.137. The number of aromatic nitrogens is 3. The molecule has 0 amide bonds. The quantitative estimate of drug-likeness (QED) is 0.915. The molecule has 21 heavy (non-hydrogen) atoms. The molecule has 0 spiro atoms. The van der Waals surface area contributed by atoms with Crippen molar-refractivity contribution >= 4 is 5.97 Å². The summed E-state index contributed by atoms with van der Waals surface area (Å²) in [5, 5.41) is 8.92. The third kappa shape index (κ3) is 3.11. The van der Waals surface area contributed by atoms with E-state index >= 15 is 0 Å². The maximum atomic E-state index is 10.9. The molecule has 0 atom stereocenters. The van der Waals surface area contributed by atoms with E-state index in [0.29, 0.717) is 0 Å². The van der Waals surface area contributed by atoms with E-state index in [4.69, 9.17) is 5.11 Å². The van der Waals surface area contributed by atoms with Gasteiger partial charge in [0.05, 0.1) is 0 Å². The Balaban J connectivity index is 1.71. The molecular weight excluding hydrogens is 268 g/mol. The maximum Gasteiger partial charge on any atom is 0.323 e. The molecule has 6 heteroatoms. The van der Waals surface area contributed by atoms with Gasteiger partial charge in [-0.2, -0.15) is 0 Å². The average molecular weight is 286 g/mol. The van der Waals surface area contributed by atoms with E-state index in [1.165, 1.54) is 5.56 Å². The van der Waals surface area contributed by atoms with Crippen molar-refractivity contribution in [3.63, 3.8) is 0 Å². The number of nitrogens with zero attached hydrogens (tertiary/aromatic N) is 4. The van der Waals surface area contributed by atoms with Crippen molar-refractivity contribution in [1.82, 2.24) is 19.4 Å². The van der Waals surface area contributed by atoms with E-state index in [1.807, 2.05) is 31.5 Å². The first kappa shape index (κ1) is 13.8. The minimum atomic E-state index is -0.819. The summed E-state index contributed by atoms with van der Waals surface area (Å²) < 4.78 is 1.78. The topological polar surface area (TPSA) is 71.2 Å². The summed E-state index contributed by atoms with van der Waals surface area (Å²) >= 11 is 0. The Hall–Kier alpha value is -2.21. The van der Waals surface area contributed by atoms with Gasteiger partial charge in [-0.15, -0.1) is 0 Å². The number of carbonyl (C=O) groups is 1. The largest absolute Gasteiger partial charge is 0.480 e. The van der Waals surface area contributed by atoms with Gasteiger partial charge in [0.1, 0.15) is 12.4 Å². The third-order valence-corrected chi connectivity index (χ3v) is 3.75. The number of hydrogen-bond acceptors (Lipinski definition) is 4. The van der Waals surface area contributed by atoms with Gasteiger partial charge in [0.15, 0.2) is 0 Å². The second kappa shape index (κ2) is 5.65. The molecule has 1 aliphatic rings. The molecule has 0 saturated heterocycles. The van der Waals surface area contributed by atoms with Gasteiger partial charge in [0.2, 0.25) is 0 Å². The Morgan fingerprint density at radius 2 is 2.33 bits per heavy atom. The third-order valence-electron chi connectivity index (χ3n) is 3.75. The number of hydrogen-bond donors (Lipinski definition) is 1. The van der Waals surface area contributed by atoms with Crippen LogP contribution in [-0.2, 0) is 30.8 Å². The second-order valence-corrected chi connectivity index (χ2v) is 5.37. The summed E-state index contributed by atoms with van der Waals surface area (Å²) in [5.74, 6) is -0.00199. The first-order valence-corrected chi connectivity index (χ1v) is 7.01. The number of carboxylic acid groups (broad SMARTS) is 1. The van der Waals surface area contributed by atoms with Crippen LogP contribution in [0.4, 0.5) is 0 Å². The van der Waals surface area contributed by atoms with E-state index in [2.05, 4.69) is 14.9 Å². The Labute approximate surface area is 123 Å². The van der Waals surface area contributed by atoms with Crippen molar-refractivity contribution in [2.24, 2.45) is 0 Å². The van der Waals surface area contributed by atoms with Crippen LogP contribution >= 0.6 is 0 Å². The molecule has 6 nitrogen and oxygen atoms in total. The summed E-state index contributed by atoms with van der Waals surface area (Å²) in [4.78, 5) is 21.9. The van der Waals surface area contributed by atoms with Crippen molar-refractivity contribution in [1.29, 1.82) is 0 Å². The van der Waals surface area contributed by atoms with E-state index < -0.39 is 5.97 Å². The van der Waals surface area contributed by atoms with Gasteiger partial charge in [-0.25, -0.2) is 9.97 Å². The molecule has 0 radical (unpaired) electrons. The number of rotatable bonds is 4. The maximum absolute atomic E-state index is 10.9. The van der Waals surface area contributed by atoms with Crippen molar-refractivity contribution < 1.29 is 9.90 Å². The van der Waals surface area contributed by atoms with E-state index in [9.17, 15) is 4.79 Å². The minimum Gasteiger partial charge on any atom is -0.480 e. The highest BCUT2D eigenvalue weighted by Gasteiger charge is 2.19. The molecule has 3 heterocycles. The fraction of sp³-hybridized carbons (Fsp3) is 0.400. The molecule has 2 aromatic heterocycles. The Kier molecular flexibility index (Phi) is 3.70. The molecule has 0 unspecified atom stereocenters. The minimum absolute atomic E-state index is 0.00899. The fourth-order valence-electron chi connectivity index (χ4n) is 2.73. The summed E-state index contributed by atoms with van der Waals surface area (Å²) in [7, 11) is 0. The van der Waals surface area contributed by atoms with Gasteiger partial charge in [-0.1, -0.05) is 0 Å². The van der Waals surface area contributed by atoms with Crippen LogP contribution in [0.25, 0.3) is 0 Å². The van der Waals surface area contributed by atoms with Crippen molar-refractivity contribution in [3.8, 4) is 0 Å². The molecule has 0 aliphatic carbocycles. The lowest BCUT2D eigenvalue weighted by Gasteiger charge is -2.28. The zero-order valence-corrected chi connectivity index (χ0v) is 12.0. The molecule has 1 aliphatic heterocycles. The predicted octanol–water partition coefficient (Wildman–Crippen LogP) is 1.23. The summed E-state index contributed by atoms with van der Waals surface area (Å²) in [5.41, 5.74) is 3.33. The van der Waals surface area contributed by atoms with Gasteiger partial charge in [-0.3, -0.25) is 9.69 Å². The van der Waals surface area contributed by atoms with E-state index in [0.717, 1.165) is 43.3 Å². The number of carboxylic acids is 1. The highest BCUT2D eigenvalue weighted by Crippen LogP contribution is 2.18. The lowest BCUT2D eigenvalue weighted by Crippen LogP contribution is -2.32. The number of aliphatic carboxylic acids is 1. The molecule has 0 fully saturated rings. The molecule has 2 aromatic rings. The van der Waals surface area contributed by atoms with Crippen LogP contribution in [0.2, 0.25) is 0 Å². The van der Waals surface area contributed by atoms with Gasteiger partial charge >= 0.3 is 5.97 Å². The summed E-state index contributed by atoms with van der Waals surface area (Å²) in [6.45, 7) is 4.41. The molecule has 110 valence electrons. The molecule has 1 N–H and O–H groups in total.